The summed E-state index contributed by atoms with van der Waals surface area (Å²) in [6, 6.07) is 19.4. The lowest BCUT2D eigenvalue weighted by molar-refractivity contribution is -0.137. The molecule has 4 nitrogen and oxygen atoms in total. The molecule has 3 aromatic rings. The molecule has 0 aliphatic heterocycles. The maximum Gasteiger partial charge on any atom is 0.416 e. The van der Waals surface area contributed by atoms with Crippen LogP contribution in [0.3, 0.4) is 0 Å². The molecule has 7 heteroatoms. The minimum Gasteiger partial charge on any atom is -0.368 e. The summed E-state index contributed by atoms with van der Waals surface area (Å²) in [5.41, 5.74) is 5.86. The molecule has 0 radical (unpaired) electrons. The third-order valence-corrected chi connectivity index (χ3v) is 5.03. The molecule has 0 saturated heterocycles. The Morgan fingerprint density at radius 1 is 0.839 bits per heavy atom. The van der Waals surface area contributed by atoms with Crippen molar-refractivity contribution in [3.63, 3.8) is 0 Å². The average Bonchev–Trinajstić information content (AvgIpc) is 2.77. The zero-order valence-electron chi connectivity index (χ0n) is 16.7. The highest BCUT2D eigenvalue weighted by molar-refractivity contribution is 5.98. The van der Waals surface area contributed by atoms with E-state index in [-0.39, 0.29) is 5.56 Å². The van der Waals surface area contributed by atoms with E-state index in [1.807, 2.05) is 0 Å². The van der Waals surface area contributed by atoms with Gasteiger partial charge in [-0.2, -0.15) is 13.2 Å². The maximum absolute atomic E-state index is 13.5. The van der Waals surface area contributed by atoms with Crippen LogP contribution >= 0.6 is 0 Å². The van der Waals surface area contributed by atoms with Gasteiger partial charge in [-0.1, -0.05) is 60.7 Å². The molecule has 0 bridgehead atoms. The lowest BCUT2D eigenvalue weighted by Gasteiger charge is -2.36. The second-order valence-electron chi connectivity index (χ2n) is 7.09. The van der Waals surface area contributed by atoms with Gasteiger partial charge in [-0.15, -0.1) is 0 Å². The van der Waals surface area contributed by atoms with Gasteiger partial charge in [-0.25, -0.2) is 0 Å². The number of rotatable bonds is 6. The van der Waals surface area contributed by atoms with Crippen LogP contribution in [0.15, 0.2) is 84.9 Å². The molecule has 2 amide bonds. The van der Waals surface area contributed by atoms with E-state index in [9.17, 15) is 22.8 Å². The van der Waals surface area contributed by atoms with Gasteiger partial charge in [-0.05, 0) is 42.3 Å². The van der Waals surface area contributed by atoms with E-state index in [0.717, 1.165) is 12.1 Å². The SMILES string of the molecule is C[C@H](c1cccc(C(F)(F)F)c1)N(C(=O)c1ccccc1)[C@@H](C(N)=O)c1ccccc1. The Kier molecular flexibility index (Phi) is 6.44. The van der Waals surface area contributed by atoms with Gasteiger partial charge in [-0.3, -0.25) is 9.59 Å². The molecule has 160 valence electrons. The predicted octanol–water partition coefficient (Wildman–Crippen LogP) is 5.14. The Hall–Kier alpha value is -3.61. The second-order valence-corrected chi connectivity index (χ2v) is 7.09. The molecule has 0 spiro atoms. The van der Waals surface area contributed by atoms with Crippen molar-refractivity contribution in [2.45, 2.75) is 25.2 Å². The number of alkyl halides is 3. The van der Waals surface area contributed by atoms with E-state index in [1.165, 1.54) is 17.0 Å². The van der Waals surface area contributed by atoms with Gasteiger partial charge in [0.05, 0.1) is 11.6 Å². The Balaban J connectivity index is 2.14. The second kappa shape index (κ2) is 9.04. The molecule has 31 heavy (non-hydrogen) atoms. The van der Waals surface area contributed by atoms with Crippen molar-refractivity contribution in [1.82, 2.24) is 4.90 Å². The monoisotopic (exact) mass is 426 g/mol. The summed E-state index contributed by atoms with van der Waals surface area (Å²) in [7, 11) is 0. The van der Waals surface area contributed by atoms with Crippen LogP contribution in [0.4, 0.5) is 13.2 Å². The van der Waals surface area contributed by atoms with Crippen molar-refractivity contribution < 1.29 is 22.8 Å². The molecule has 0 fully saturated rings. The number of halogens is 3. The molecule has 0 heterocycles. The van der Waals surface area contributed by atoms with E-state index < -0.39 is 35.6 Å². The number of carbonyl (C=O) groups excluding carboxylic acids is 2. The summed E-state index contributed by atoms with van der Waals surface area (Å²) in [5.74, 6) is -1.30. The summed E-state index contributed by atoms with van der Waals surface area (Å²) in [5, 5.41) is 0. The van der Waals surface area contributed by atoms with Crippen molar-refractivity contribution in [2.24, 2.45) is 5.73 Å². The highest BCUT2D eigenvalue weighted by Gasteiger charge is 2.36. The molecule has 0 unspecified atom stereocenters. The molecule has 0 saturated carbocycles. The lowest BCUT2D eigenvalue weighted by Crippen LogP contribution is -2.43. The van der Waals surface area contributed by atoms with Crippen LogP contribution in [0.5, 0.6) is 0 Å². The first-order valence-corrected chi connectivity index (χ1v) is 9.59. The minimum absolute atomic E-state index is 0.237. The van der Waals surface area contributed by atoms with Gasteiger partial charge in [0.2, 0.25) is 5.91 Å². The molecule has 0 aromatic heterocycles. The van der Waals surface area contributed by atoms with Gasteiger partial charge in [0.15, 0.2) is 0 Å². The van der Waals surface area contributed by atoms with Crippen molar-refractivity contribution in [1.29, 1.82) is 0 Å². The first-order valence-electron chi connectivity index (χ1n) is 9.59. The highest BCUT2D eigenvalue weighted by atomic mass is 19.4. The van der Waals surface area contributed by atoms with Crippen molar-refractivity contribution in [3.05, 3.63) is 107 Å². The third-order valence-electron chi connectivity index (χ3n) is 5.03. The summed E-state index contributed by atoms with van der Waals surface area (Å²) in [6.45, 7) is 1.58. The fourth-order valence-electron chi connectivity index (χ4n) is 3.48. The Labute approximate surface area is 178 Å². The van der Waals surface area contributed by atoms with Crippen LogP contribution in [-0.4, -0.2) is 16.7 Å². The summed E-state index contributed by atoms with van der Waals surface area (Å²) < 4.78 is 39.8. The smallest absolute Gasteiger partial charge is 0.368 e. The number of nitrogens with zero attached hydrogens (tertiary/aromatic N) is 1. The molecule has 2 atom stereocenters. The van der Waals surface area contributed by atoms with Crippen molar-refractivity contribution in [2.75, 3.05) is 0 Å². The highest BCUT2D eigenvalue weighted by Crippen LogP contribution is 2.35. The average molecular weight is 426 g/mol. The molecular formula is C24H21F3N2O2. The largest absolute Gasteiger partial charge is 0.416 e. The van der Waals surface area contributed by atoms with Gasteiger partial charge in [0.1, 0.15) is 6.04 Å². The van der Waals surface area contributed by atoms with Crippen LogP contribution in [0.1, 0.15) is 46.1 Å². The number of amides is 2. The molecule has 0 aliphatic rings. The van der Waals surface area contributed by atoms with Gasteiger partial charge in [0.25, 0.3) is 5.91 Å². The van der Waals surface area contributed by atoms with E-state index in [0.29, 0.717) is 11.1 Å². The van der Waals surface area contributed by atoms with Crippen LogP contribution in [0.25, 0.3) is 0 Å². The number of carbonyl (C=O) groups is 2. The van der Waals surface area contributed by atoms with Crippen LogP contribution in [-0.2, 0) is 11.0 Å². The van der Waals surface area contributed by atoms with Gasteiger partial charge >= 0.3 is 6.18 Å². The van der Waals surface area contributed by atoms with Crippen molar-refractivity contribution in [3.8, 4) is 0 Å². The van der Waals surface area contributed by atoms with E-state index >= 15 is 0 Å². The molecule has 2 N–H and O–H groups in total. The normalized spacial score (nSPS) is 13.3. The molecule has 3 rings (SSSR count). The van der Waals surface area contributed by atoms with Gasteiger partial charge in [0, 0.05) is 5.56 Å². The van der Waals surface area contributed by atoms with Crippen LogP contribution < -0.4 is 5.73 Å². The standard InChI is InChI=1S/C24H21F3N2O2/c1-16(19-13-8-14-20(15-19)24(25,26)27)29(23(31)18-11-6-3-7-12-18)21(22(28)30)17-9-4-2-5-10-17/h2-16,21H,1H3,(H2,28,30)/t16-,21-/m1/s1. The number of hydrogen-bond donors (Lipinski definition) is 1. The number of hydrogen-bond acceptors (Lipinski definition) is 2. The van der Waals surface area contributed by atoms with Crippen LogP contribution in [0.2, 0.25) is 0 Å². The minimum atomic E-state index is -4.54. The first-order chi connectivity index (χ1) is 14.7. The number of benzene rings is 3. The maximum atomic E-state index is 13.5. The van der Waals surface area contributed by atoms with Crippen LogP contribution in [0, 0.1) is 0 Å². The Bertz CT molecular complexity index is 1050. The lowest BCUT2D eigenvalue weighted by atomic mass is 9.97. The summed E-state index contributed by atoms with van der Waals surface area (Å²) in [6.07, 6.45) is -4.54. The fraction of sp³-hybridized carbons (Fsp3) is 0.167. The quantitative estimate of drug-likeness (QED) is 0.594. The zero-order chi connectivity index (χ0) is 22.6. The molecule has 3 aromatic carbocycles. The van der Waals surface area contributed by atoms with E-state index in [1.54, 1.807) is 67.6 Å². The van der Waals surface area contributed by atoms with Gasteiger partial charge < -0.3 is 10.6 Å². The zero-order valence-corrected chi connectivity index (χ0v) is 16.7. The van der Waals surface area contributed by atoms with E-state index in [4.69, 9.17) is 5.73 Å². The predicted molar refractivity (Wildman–Crippen MR) is 111 cm³/mol. The molecule has 0 aliphatic carbocycles. The third kappa shape index (κ3) is 4.94. The first kappa shape index (κ1) is 22.1. The summed E-state index contributed by atoms with van der Waals surface area (Å²) >= 11 is 0. The summed E-state index contributed by atoms with van der Waals surface area (Å²) in [4.78, 5) is 27.2. The van der Waals surface area contributed by atoms with Crippen molar-refractivity contribution >= 4 is 11.8 Å². The Morgan fingerprint density at radius 3 is 1.94 bits per heavy atom. The molecular weight excluding hydrogens is 405 g/mol. The fourth-order valence-corrected chi connectivity index (χ4v) is 3.48. The van der Waals surface area contributed by atoms with E-state index in [2.05, 4.69) is 0 Å². The Morgan fingerprint density at radius 2 is 1.39 bits per heavy atom. The number of primary amides is 1. The topological polar surface area (TPSA) is 63.4 Å². The number of nitrogens with two attached hydrogens (primary N) is 1.